The molecule has 2 aromatic carbocycles. The van der Waals surface area contributed by atoms with Crippen molar-refractivity contribution < 1.29 is 0 Å². The van der Waals surface area contributed by atoms with Crippen molar-refractivity contribution in [3.05, 3.63) is 56.6 Å². The van der Waals surface area contributed by atoms with E-state index in [9.17, 15) is 0 Å². The van der Waals surface area contributed by atoms with Crippen molar-refractivity contribution in [2.75, 3.05) is 0 Å². The van der Waals surface area contributed by atoms with E-state index >= 15 is 0 Å². The van der Waals surface area contributed by atoms with Gasteiger partial charge in [-0.05, 0) is 52.4 Å². The Morgan fingerprint density at radius 3 is 2.17 bits per heavy atom. The van der Waals surface area contributed by atoms with Gasteiger partial charge >= 0.3 is 0 Å². The first-order valence-corrected chi connectivity index (χ1v) is 7.12. The van der Waals surface area contributed by atoms with Crippen molar-refractivity contribution in [3.8, 4) is 0 Å². The first-order chi connectivity index (χ1) is 8.72. The SMILES string of the molecule is CC1=Cc2ccc3c4c(ccc(c24)C1)C=C(Br)C3. The lowest BCUT2D eigenvalue weighted by Crippen LogP contribution is -2.03. The summed E-state index contributed by atoms with van der Waals surface area (Å²) in [5.41, 5.74) is 7.14. The Labute approximate surface area is 115 Å². The summed E-state index contributed by atoms with van der Waals surface area (Å²) in [6, 6.07) is 9.13. The van der Waals surface area contributed by atoms with Gasteiger partial charge in [-0.3, -0.25) is 0 Å². The molecule has 0 heterocycles. The van der Waals surface area contributed by atoms with Gasteiger partial charge in [-0.1, -0.05) is 51.8 Å². The van der Waals surface area contributed by atoms with Crippen LogP contribution < -0.4 is 0 Å². The molecule has 1 heteroatoms. The molecule has 88 valence electrons. The smallest absolute Gasteiger partial charge is 0.00472 e. The topological polar surface area (TPSA) is 0 Å². The lowest BCUT2D eigenvalue weighted by molar-refractivity contribution is 1.15. The summed E-state index contributed by atoms with van der Waals surface area (Å²) in [5, 5.41) is 2.95. The Kier molecular flexibility index (Phi) is 2.10. The molecule has 2 aliphatic carbocycles. The number of halogens is 1. The molecule has 4 rings (SSSR count). The molecular formula is C17H13Br. The molecule has 0 unspecified atom stereocenters. The van der Waals surface area contributed by atoms with E-state index in [-0.39, 0.29) is 0 Å². The van der Waals surface area contributed by atoms with Crippen LogP contribution in [0, 0.1) is 0 Å². The van der Waals surface area contributed by atoms with Crippen molar-refractivity contribution >= 4 is 38.9 Å². The summed E-state index contributed by atoms with van der Waals surface area (Å²) in [4.78, 5) is 0. The maximum absolute atomic E-state index is 3.65. The van der Waals surface area contributed by atoms with Crippen LogP contribution in [0.5, 0.6) is 0 Å². The minimum atomic E-state index is 1.02. The highest BCUT2D eigenvalue weighted by molar-refractivity contribution is 9.11. The average molecular weight is 297 g/mol. The Bertz CT molecular complexity index is 683. The number of benzene rings is 2. The highest BCUT2D eigenvalue weighted by Crippen LogP contribution is 2.39. The monoisotopic (exact) mass is 296 g/mol. The molecule has 0 N–H and O–H groups in total. The zero-order valence-electron chi connectivity index (χ0n) is 10.3. The highest BCUT2D eigenvalue weighted by atomic mass is 79.9. The molecule has 2 aromatic rings. The van der Waals surface area contributed by atoms with Crippen LogP contribution in [0.1, 0.15) is 29.2 Å². The van der Waals surface area contributed by atoms with E-state index in [2.05, 4.69) is 59.3 Å². The second-order valence-electron chi connectivity index (χ2n) is 5.31. The molecule has 0 fully saturated rings. The predicted octanol–water partition coefficient (Wildman–Crippen LogP) is 5.09. The second-order valence-corrected chi connectivity index (χ2v) is 6.33. The first-order valence-electron chi connectivity index (χ1n) is 6.33. The van der Waals surface area contributed by atoms with Crippen molar-refractivity contribution in [3.63, 3.8) is 0 Å². The maximum atomic E-state index is 3.65. The summed E-state index contributed by atoms with van der Waals surface area (Å²) in [6.07, 6.45) is 6.72. The standard InChI is InChI=1S/C17H13Br/c1-10-6-11-2-4-13-8-15(18)9-14-5-3-12(7-10)16(11)17(13)14/h2-6,9H,7-8H2,1H3. The van der Waals surface area contributed by atoms with Gasteiger partial charge < -0.3 is 0 Å². The molecule has 0 saturated carbocycles. The van der Waals surface area contributed by atoms with Crippen LogP contribution in [0.25, 0.3) is 22.9 Å². The van der Waals surface area contributed by atoms with E-state index in [1.54, 1.807) is 0 Å². The Morgan fingerprint density at radius 1 is 0.833 bits per heavy atom. The minimum Gasteiger partial charge on any atom is -0.0683 e. The number of rotatable bonds is 0. The summed E-state index contributed by atoms with van der Waals surface area (Å²) >= 11 is 3.65. The highest BCUT2D eigenvalue weighted by Gasteiger charge is 2.18. The van der Waals surface area contributed by atoms with Crippen LogP contribution in [0.4, 0.5) is 0 Å². The predicted molar refractivity (Wildman–Crippen MR) is 81.9 cm³/mol. The fourth-order valence-corrected chi connectivity index (χ4v) is 3.80. The molecular weight excluding hydrogens is 284 g/mol. The largest absolute Gasteiger partial charge is 0.0683 e. The molecule has 2 aliphatic rings. The van der Waals surface area contributed by atoms with Crippen molar-refractivity contribution in [1.82, 2.24) is 0 Å². The van der Waals surface area contributed by atoms with E-state index in [0.29, 0.717) is 0 Å². The number of hydrogen-bond acceptors (Lipinski definition) is 0. The second kappa shape index (κ2) is 3.58. The minimum absolute atomic E-state index is 1.02. The van der Waals surface area contributed by atoms with Gasteiger partial charge in [0.2, 0.25) is 0 Å². The molecule has 0 radical (unpaired) electrons. The van der Waals surface area contributed by atoms with E-state index in [4.69, 9.17) is 0 Å². The Morgan fingerprint density at radius 2 is 1.44 bits per heavy atom. The van der Waals surface area contributed by atoms with Crippen LogP contribution in [0.3, 0.4) is 0 Å². The summed E-state index contributed by atoms with van der Waals surface area (Å²) in [7, 11) is 0. The van der Waals surface area contributed by atoms with E-state index < -0.39 is 0 Å². The summed E-state index contributed by atoms with van der Waals surface area (Å²) < 4.78 is 1.28. The van der Waals surface area contributed by atoms with Gasteiger partial charge in [0.1, 0.15) is 0 Å². The summed E-state index contributed by atoms with van der Waals surface area (Å²) in [5.74, 6) is 0. The lowest BCUT2D eigenvalue weighted by atomic mass is 9.83. The van der Waals surface area contributed by atoms with Gasteiger partial charge in [-0.2, -0.15) is 0 Å². The zero-order chi connectivity index (χ0) is 12.3. The van der Waals surface area contributed by atoms with Crippen LogP contribution in [-0.2, 0) is 12.8 Å². The van der Waals surface area contributed by atoms with Crippen LogP contribution in [0.2, 0.25) is 0 Å². The molecule has 0 spiro atoms. The lowest BCUT2D eigenvalue weighted by Gasteiger charge is -2.22. The first kappa shape index (κ1) is 10.6. The average Bonchev–Trinajstić information content (AvgIpc) is 2.34. The normalized spacial score (nSPS) is 16.6. The Hall–Kier alpha value is -1.34. The van der Waals surface area contributed by atoms with Crippen molar-refractivity contribution in [1.29, 1.82) is 0 Å². The zero-order valence-corrected chi connectivity index (χ0v) is 11.8. The molecule has 18 heavy (non-hydrogen) atoms. The third-order valence-corrected chi connectivity index (χ3v) is 4.45. The number of allylic oxidation sites excluding steroid dienone is 2. The molecule has 0 aromatic heterocycles. The fraction of sp³-hybridized carbons (Fsp3) is 0.176. The van der Waals surface area contributed by atoms with Gasteiger partial charge in [0.25, 0.3) is 0 Å². The third-order valence-electron chi connectivity index (χ3n) is 3.94. The van der Waals surface area contributed by atoms with Gasteiger partial charge in [0.15, 0.2) is 0 Å². The Balaban J connectivity index is 2.20. The fourth-order valence-electron chi connectivity index (χ4n) is 3.25. The van der Waals surface area contributed by atoms with Gasteiger partial charge in [0.05, 0.1) is 0 Å². The van der Waals surface area contributed by atoms with Gasteiger partial charge in [-0.15, -0.1) is 0 Å². The van der Waals surface area contributed by atoms with E-state index in [1.807, 2.05) is 0 Å². The molecule has 0 saturated heterocycles. The molecule has 0 amide bonds. The van der Waals surface area contributed by atoms with E-state index in [1.165, 1.54) is 43.1 Å². The van der Waals surface area contributed by atoms with Crippen LogP contribution >= 0.6 is 15.9 Å². The maximum Gasteiger partial charge on any atom is 0.00472 e. The van der Waals surface area contributed by atoms with Crippen LogP contribution in [-0.4, -0.2) is 0 Å². The molecule has 0 aliphatic heterocycles. The quantitative estimate of drug-likeness (QED) is 0.635. The van der Waals surface area contributed by atoms with Gasteiger partial charge in [0, 0.05) is 10.9 Å². The van der Waals surface area contributed by atoms with Crippen molar-refractivity contribution in [2.45, 2.75) is 19.8 Å². The molecule has 0 nitrogen and oxygen atoms in total. The van der Waals surface area contributed by atoms with E-state index in [0.717, 1.165) is 12.8 Å². The number of hydrogen-bond donors (Lipinski definition) is 0. The van der Waals surface area contributed by atoms with Crippen molar-refractivity contribution in [2.24, 2.45) is 0 Å². The molecule has 0 atom stereocenters. The third kappa shape index (κ3) is 1.37. The van der Waals surface area contributed by atoms with Crippen LogP contribution in [0.15, 0.2) is 34.3 Å². The molecule has 0 bridgehead atoms. The van der Waals surface area contributed by atoms with Gasteiger partial charge in [-0.25, -0.2) is 0 Å². The summed E-state index contributed by atoms with van der Waals surface area (Å²) in [6.45, 7) is 2.22.